The van der Waals surface area contributed by atoms with Crippen LogP contribution in [-0.4, -0.2) is 32.2 Å². The number of benzene rings is 2. The van der Waals surface area contributed by atoms with Crippen LogP contribution in [0.15, 0.2) is 47.6 Å². The van der Waals surface area contributed by atoms with Gasteiger partial charge < -0.3 is 14.4 Å². The summed E-state index contributed by atoms with van der Waals surface area (Å²) in [6.07, 6.45) is 0. The Labute approximate surface area is 132 Å². The number of thioether (sulfide) groups is 1. The van der Waals surface area contributed by atoms with Crippen molar-refractivity contribution in [1.82, 2.24) is 14.8 Å². The highest BCUT2D eigenvalue weighted by molar-refractivity contribution is 7.99. The van der Waals surface area contributed by atoms with Gasteiger partial charge in [0, 0.05) is 12.8 Å². The molecule has 3 aromatic rings. The van der Waals surface area contributed by atoms with E-state index in [1.54, 1.807) is 16.3 Å². The SMILES string of the molecule is Cn1c(CO)nnc1SCCOc1ccc2ccccc2c1. The maximum atomic E-state index is 9.08. The largest absolute Gasteiger partial charge is 0.493 e. The van der Waals surface area contributed by atoms with Crippen molar-refractivity contribution in [2.45, 2.75) is 11.8 Å². The van der Waals surface area contributed by atoms with Gasteiger partial charge in [-0.25, -0.2) is 0 Å². The van der Waals surface area contributed by atoms with Crippen molar-refractivity contribution in [3.8, 4) is 5.75 Å². The highest BCUT2D eigenvalue weighted by atomic mass is 32.2. The summed E-state index contributed by atoms with van der Waals surface area (Å²) in [4.78, 5) is 0. The zero-order chi connectivity index (χ0) is 15.4. The van der Waals surface area contributed by atoms with Gasteiger partial charge in [-0.2, -0.15) is 0 Å². The molecule has 6 heteroatoms. The quantitative estimate of drug-likeness (QED) is 0.560. The number of fused-ring (bicyclic) bond motifs is 1. The fourth-order valence-electron chi connectivity index (χ4n) is 2.16. The van der Waals surface area contributed by atoms with Gasteiger partial charge in [0.1, 0.15) is 12.4 Å². The molecule has 0 saturated carbocycles. The van der Waals surface area contributed by atoms with Crippen molar-refractivity contribution in [3.63, 3.8) is 0 Å². The van der Waals surface area contributed by atoms with Crippen molar-refractivity contribution in [3.05, 3.63) is 48.3 Å². The molecule has 0 saturated heterocycles. The highest BCUT2D eigenvalue weighted by Gasteiger charge is 2.07. The molecular weight excluding hydrogens is 298 g/mol. The Hall–Kier alpha value is -2.05. The third-order valence-corrected chi connectivity index (χ3v) is 4.36. The van der Waals surface area contributed by atoms with Crippen molar-refractivity contribution >= 4 is 22.5 Å². The zero-order valence-corrected chi connectivity index (χ0v) is 13.1. The third-order valence-electron chi connectivity index (χ3n) is 3.37. The van der Waals surface area contributed by atoms with E-state index in [0.29, 0.717) is 12.4 Å². The van der Waals surface area contributed by atoms with E-state index < -0.39 is 0 Å². The van der Waals surface area contributed by atoms with Crippen LogP contribution in [0.1, 0.15) is 5.82 Å². The number of rotatable bonds is 6. The lowest BCUT2D eigenvalue weighted by atomic mass is 10.1. The van der Waals surface area contributed by atoms with Crippen LogP contribution in [0.4, 0.5) is 0 Å². The van der Waals surface area contributed by atoms with Crippen LogP contribution in [0.3, 0.4) is 0 Å². The summed E-state index contributed by atoms with van der Waals surface area (Å²) in [6, 6.07) is 14.3. The fraction of sp³-hybridized carbons (Fsp3) is 0.250. The lowest BCUT2D eigenvalue weighted by Crippen LogP contribution is -2.02. The predicted molar refractivity (Wildman–Crippen MR) is 87.1 cm³/mol. The monoisotopic (exact) mass is 315 g/mol. The minimum absolute atomic E-state index is 0.0996. The number of ether oxygens (including phenoxy) is 1. The molecule has 114 valence electrons. The van der Waals surface area contributed by atoms with Gasteiger partial charge in [-0.05, 0) is 22.9 Å². The van der Waals surface area contributed by atoms with Gasteiger partial charge in [-0.15, -0.1) is 10.2 Å². The molecule has 0 spiro atoms. The zero-order valence-electron chi connectivity index (χ0n) is 12.3. The first-order chi connectivity index (χ1) is 10.8. The summed E-state index contributed by atoms with van der Waals surface area (Å²) in [5, 5.41) is 20.2. The van der Waals surface area contributed by atoms with Gasteiger partial charge in [0.05, 0.1) is 6.61 Å². The standard InChI is InChI=1S/C16H17N3O2S/c1-19-15(11-20)17-18-16(19)22-9-8-21-14-7-6-12-4-2-3-5-13(12)10-14/h2-7,10,20H,8-9,11H2,1H3. The fourth-order valence-corrected chi connectivity index (χ4v) is 2.90. The van der Waals surface area contributed by atoms with E-state index in [1.807, 2.05) is 31.3 Å². The predicted octanol–water partition coefficient (Wildman–Crippen LogP) is 2.63. The first kappa shape index (κ1) is 14.9. The average Bonchev–Trinajstić information content (AvgIpc) is 2.91. The highest BCUT2D eigenvalue weighted by Crippen LogP contribution is 2.21. The average molecular weight is 315 g/mol. The molecule has 1 aromatic heterocycles. The molecule has 22 heavy (non-hydrogen) atoms. The van der Waals surface area contributed by atoms with Crippen molar-refractivity contribution in [2.75, 3.05) is 12.4 Å². The molecular formula is C16H17N3O2S. The molecule has 5 nitrogen and oxygen atoms in total. The minimum Gasteiger partial charge on any atom is -0.493 e. The van der Waals surface area contributed by atoms with E-state index in [-0.39, 0.29) is 6.61 Å². The van der Waals surface area contributed by atoms with Crippen LogP contribution in [-0.2, 0) is 13.7 Å². The summed E-state index contributed by atoms with van der Waals surface area (Å²) in [5.74, 6) is 2.20. The Morgan fingerprint density at radius 2 is 1.95 bits per heavy atom. The number of aliphatic hydroxyl groups excluding tert-OH is 1. The molecule has 1 heterocycles. The smallest absolute Gasteiger partial charge is 0.191 e. The number of hydrogen-bond donors (Lipinski definition) is 1. The Kier molecular flexibility index (Phi) is 4.60. The molecule has 0 amide bonds. The molecule has 3 rings (SSSR count). The van der Waals surface area contributed by atoms with Crippen LogP contribution in [0, 0.1) is 0 Å². The molecule has 0 aliphatic carbocycles. The number of aromatic nitrogens is 3. The van der Waals surface area contributed by atoms with Gasteiger partial charge in [-0.3, -0.25) is 0 Å². The van der Waals surface area contributed by atoms with E-state index in [4.69, 9.17) is 9.84 Å². The molecule has 0 radical (unpaired) electrons. The van der Waals surface area contributed by atoms with Crippen molar-refractivity contribution < 1.29 is 9.84 Å². The van der Waals surface area contributed by atoms with Crippen LogP contribution >= 0.6 is 11.8 Å². The maximum Gasteiger partial charge on any atom is 0.191 e. The topological polar surface area (TPSA) is 60.2 Å². The Balaban J connectivity index is 1.54. The molecule has 0 aliphatic heterocycles. The van der Waals surface area contributed by atoms with Crippen LogP contribution in [0.25, 0.3) is 10.8 Å². The second-order valence-corrected chi connectivity index (χ2v) is 5.88. The molecule has 1 N–H and O–H groups in total. The van der Waals surface area contributed by atoms with Crippen LogP contribution < -0.4 is 4.74 Å². The Bertz CT molecular complexity index is 773. The van der Waals surface area contributed by atoms with Crippen LogP contribution in [0.2, 0.25) is 0 Å². The van der Waals surface area contributed by atoms with E-state index in [0.717, 1.165) is 16.7 Å². The lowest BCUT2D eigenvalue weighted by Gasteiger charge is -2.07. The maximum absolute atomic E-state index is 9.08. The first-order valence-electron chi connectivity index (χ1n) is 7.01. The second kappa shape index (κ2) is 6.81. The normalized spacial score (nSPS) is 11.0. The van der Waals surface area contributed by atoms with E-state index in [1.165, 1.54) is 10.8 Å². The van der Waals surface area contributed by atoms with E-state index in [9.17, 15) is 0 Å². The summed E-state index contributed by atoms with van der Waals surface area (Å²) < 4.78 is 7.57. The third kappa shape index (κ3) is 3.23. The van der Waals surface area contributed by atoms with E-state index >= 15 is 0 Å². The van der Waals surface area contributed by atoms with Gasteiger partial charge in [-0.1, -0.05) is 42.1 Å². The molecule has 0 unspecified atom stereocenters. The number of nitrogens with zero attached hydrogens (tertiary/aromatic N) is 3. The summed E-state index contributed by atoms with van der Waals surface area (Å²) in [6.45, 7) is 0.488. The molecule has 2 aromatic carbocycles. The molecule has 0 aliphatic rings. The van der Waals surface area contributed by atoms with Gasteiger partial charge in [0.25, 0.3) is 0 Å². The summed E-state index contributed by atoms with van der Waals surface area (Å²) in [5.41, 5.74) is 0. The van der Waals surface area contributed by atoms with E-state index in [2.05, 4.69) is 28.4 Å². The molecule has 0 atom stereocenters. The second-order valence-electron chi connectivity index (χ2n) is 4.82. The summed E-state index contributed by atoms with van der Waals surface area (Å²) in [7, 11) is 1.85. The van der Waals surface area contributed by atoms with Gasteiger partial charge in [0.15, 0.2) is 11.0 Å². The van der Waals surface area contributed by atoms with Crippen molar-refractivity contribution in [1.29, 1.82) is 0 Å². The Morgan fingerprint density at radius 3 is 2.73 bits per heavy atom. The van der Waals surface area contributed by atoms with Crippen LogP contribution in [0.5, 0.6) is 5.75 Å². The van der Waals surface area contributed by atoms with Gasteiger partial charge in [0.2, 0.25) is 0 Å². The summed E-state index contributed by atoms with van der Waals surface area (Å²) >= 11 is 1.56. The number of hydrogen-bond acceptors (Lipinski definition) is 5. The first-order valence-corrected chi connectivity index (χ1v) is 8.00. The van der Waals surface area contributed by atoms with Gasteiger partial charge >= 0.3 is 0 Å². The Morgan fingerprint density at radius 1 is 1.14 bits per heavy atom. The van der Waals surface area contributed by atoms with Crippen molar-refractivity contribution in [2.24, 2.45) is 7.05 Å². The lowest BCUT2D eigenvalue weighted by molar-refractivity contribution is 0.266. The number of aliphatic hydroxyl groups is 1. The molecule has 0 bridgehead atoms. The molecule has 0 fully saturated rings. The minimum atomic E-state index is -0.0996.